The SMILES string of the molecule is Cc1oncc1-c1cccc2c1CCN2C(=O)[C@@H]1CCCN1C#N. The van der Waals surface area contributed by atoms with Gasteiger partial charge in [0.05, 0.1) is 6.20 Å². The lowest BCUT2D eigenvalue weighted by Crippen LogP contribution is -2.43. The van der Waals surface area contributed by atoms with Crippen molar-refractivity contribution in [2.45, 2.75) is 32.2 Å². The Labute approximate surface area is 140 Å². The quantitative estimate of drug-likeness (QED) is 0.794. The molecule has 0 aliphatic carbocycles. The van der Waals surface area contributed by atoms with Crippen LogP contribution in [0.4, 0.5) is 5.69 Å². The number of anilines is 1. The zero-order chi connectivity index (χ0) is 16.7. The number of nitriles is 1. The monoisotopic (exact) mass is 322 g/mol. The summed E-state index contributed by atoms with van der Waals surface area (Å²) >= 11 is 0. The van der Waals surface area contributed by atoms with Crippen molar-refractivity contribution in [2.24, 2.45) is 0 Å². The van der Waals surface area contributed by atoms with Crippen molar-refractivity contribution >= 4 is 11.6 Å². The van der Waals surface area contributed by atoms with Crippen LogP contribution >= 0.6 is 0 Å². The van der Waals surface area contributed by atoms with Gasteiger partial charge in [0.15, 0.2) is 6.19 Å². The molecule has 2 aliphatic heterocycles. The number of hydrogen-bond acceptors (Lipinski definition) is 5. The molecule has 1 amide bonds. The van der Waals surface area contributed by atoms with Gasteiger partial charge in [0.25, 0.3) is 0 Å². The molecule has 1 saturated heterocycles. The van der Waals surface area contributed by atoms with Gasteiger partial charge < -0.3 is 9.42 Å². The van der Waals surface area contributed by atoms with Gasteiger partial charge in [-0.15, -0.1) is 0 Å². The minimum Gasteiger partial charge on any atom is -0.361 e. The molecule has 2 aromatic rings. The van der Waals surface area contributed by atoms with Crippen molar-refractivity contribution in [3.63, 3.8) is 0 Å². The largest absolute Gasteiger partial charge is 0.361 e. The van der Waals surface area contributed by atoms with E-state index >= 15 is 0 Å². The molecule has 0 unspecified atom stereocenters. The van der Waals surface area contributed by atoms with E-state index in [1.807, 2.05) is 30.0 Å². The van der Waals surface area contributed by atoms with E-state index < -0.39 is 0 Å². The predicted octanol–water partition coefficient (Wildman–Crippen LogP) is 2.48. The van der Waals surface area contributed by atoms with E-state index in [-0.39, 0.29) is 11.9 Å². The third-order valence-corrected chi connectivity index (χ3v) is 5.00. The van der Waals surface area contributed by atoms with E-state index in [2.05, 4.69) is 11.3 Å². The summed E-state index contributed by atoms with van der Waals surface area (Å²) in [5, 5.41) is 13.1. The van der Waals surface area contributed by atoms with Crippen molar-refractivity contribution in [1.29, 1.82) is 5.26 Å². The lowest BCUT2D eigenvalue weighted by molar-refractivity contribution is -0.121. The maximum Gasteiger partial charge on any atom is 0.250 e. The molecule has 0 spiro atoms. The standard InChI is InChI=1S/C18H18N4O2/c1-12-15(10-20-24-12)13-4-2-5-16-14(13)7-9-22(16)18(23)17-6-3-8-21(17)11-19/h2,4-5,10,17H,3,6-9H2,1H3/t17-/m0/s1. The Morgan fingerprint density at radius 3 is 3.00 bits per heavy atom. The number of amides is 1. The second kappa shape index (κ2) is 5.68. The minimum absolute atomic E-state index is 0.0343. The molecule has 1 fully saturated rings. The fourth-order valence-corrected chi connectivity index (χ4v) is 3.80. The second-order valence-corrected chi connectivity index (χ2v) is 6.29. The first-order valence-electron chi connectivity index (χ1n) is 8.22. The van der Waals surface area contributed by atoms with Gasteiger partial charge >= 0.3 is 0 Å². The van der Waals surface area contributed by atoms with Crippen molar-refractivity contribution in [2.75, 3.05) is 18.0 Å². The topological polar surface area (TPSA) is 73.4 Å². The summed E-state index contributed by atoms with van der Waals surface area (Å²) in [7, 11) is 0. The zero-order valence-corrected chi connectivity index (χ0v) is 13.5. The van der Waals surface area contributed by atoms with Gasteiger partial charge in [-0.05, 0) is 43.4 Å². The van der Waals surface area contributed by atoms with Gasteiger partial charge in [0.1, 0.15) is 11.8 Å². The van der Waals surface area contributed by atoms with Crippen molar-refractivity contribution in [3.8, 4) is 17.3 Å². The summed E-state index contributed by atoms with van der Waals surface area (Å²) < 4.78 is 5.19. The molecule has 0 radical (unpaired) electrons. The summed E-state index contributed by atoms with van der Waals surface area (Å²) in [6.07, 6.45) is 6.33. The van der Waals surface area contributed by atoms with Crippen LogP contribution in [0, 0.1) is 18.4 Å². The number of rotatable bonds is 2. The maximum atomic E-state index is 12.9. The average Bonchev–Trinajstić information content (AvgIpc) is 3.32. The first-order valence-corrected chi connectivity index (χ1v) is 8.22. The van der Waals surface area contributed by atoms with Crippen molar-refractivity contribution < 1.29 is 9.32 Å². The molecule has 122 valence electrons. The van der Waals surface area contributed by atoms with Gasteiger partial charge in [0.2, 0.25) is 5.91 Å². The van der Waals surface area contributed by atoms with Gasteiger partial charge in [-0.1, -0.05) is 17.3 Å². The number of benzene rings is 1. The van der Waals surface area contributed by atoms with Gasteiger partial charge in [0, 0.05) is 24.3 Å². The Balaban J connectivity index is 1.69. The number of aromatic nitrogens is 1. The van der Waals surface area contributed by atoms with Crippen LogP contribution in [0.25, 0.3) is 11.1 Å². The fourth-order valence-electron chi connectivity index (χ4n) is 3.80. The van der Waals surface area contributed by atoms with Crippen LogP contribution in [0.5, 0.6) is 0 Å². The summed E-state index contributed by atoms with van der Waals surface area (Å²) in [4.78, 5) is 16.4. The molecule has 0 N–H and O–H groups in total. The van der Waals surface area contributed by atoms with E-state index in [4.69, 9.17) is 4.52 Å². The highest BCUT2D eigenvalue weighted by atomic mass is 16.5. The molecule has 1 atom stereocenters. The van der Waals surface area contributed by atoms with Gasteiger partial charge in [-0.3, -0.25) is 9.69 Å². The molecule has 1 aromatic heterocycles. The number of nitrogens with zero attached hydrogens (tertiary/aromatic N) is 4. The van der Waals surface area contributed by atoms with Crippen LogP contribution in [-0.2, 0) is 11.2 Å². The molecule has 0 saturated carbocycles. The Bertz CT molecular complexity index is 836. The summed E-state index contributed by atoms with van der Waals surface area (Å²) in [6, 6.07) is 5.67. The molecule has 24 heavy (non-hydrogen) atoms. The smallest absolute Gasteiger partial charge is 0.250 e. The van der Waals surface area contributed by atoms with Crippen LogP contribution < -0.4 is 4.90 Å². The lowest BCUT2D eigenvalue weighted by atomic mass is 9.99. The number of hydrogen-bond donors (Lipinski definition) is 0. The molecule has 1 aromatic carbocycles. The summed E-state index contributed by atoms with van der Waals surface area (Å²) in [5.41, 5.74) is 4.15. The molecule has 2 aliphatic rings. The van der Waals surface area contributed by atoms with Crippen LogP contribution in [0.1, 0.15) is 24.2 Å². The number of likely N-dealkylation sites (tertiary alicyclic amines) is 1. The number of aryl methyl sites for hydroxylation is 1. The van der Waals surface area contributed by atoms with Crippen LogP contribution in [-0.4, -0.2) is 35.1 Å². The molecule has 4 rings (SSSR count). The third kappa shape index (κ3) is 2.16. The minimum atomic E-state index is -0.318. The van der Waals surface area contributed by atoms with E-state index in [1.54, 1.807) is 11.1 Å². The fraction of sp³-hybridized carbons (Fsp3) is 0.389. The molecule has 6 heteroatoms. The molecular formula is C18H18N4O2. The maximum absolute atomic E-state index is 12.9. The molecular weight excluding hydrogens is 304 g/mol. The first-order chi connectivity index (χ1) is 11.7. The number of carbonyl (C=O) groups excluding carboxylic acids is 1. The Hall–Kier alpha value is -2.81. The van der Waals surface area contributed by atoms with E-state index in [1.165, 1.54) is 0 Å². The lowest BCUT2D eigenvalue weighted by Gasteiger charge is -2.24. The van der Waals surface area contributed by atoms with E-state index in [0.29, 0.717) is 13.1 Å². The Morgan fingerprint density at radius 2 is 2.25 bits per heavy atom. The average molecular weight is 322 g/mol. The highest BCUT2D eigenvalue weighted by Gasteiger charge is 2.36. The van der Waals surface area contributed by atoms with Crippen LogP contribution in [0.2, 0.25) is 0 Å². The van der Waals surface area contributed by atoms with Crippen LogP contribution in [0.15, 0.2) is 28.9 Å². The first kappa shape index (κ1) is 14.8. The Morgan fingerprint density at radius 1 is 1.38 bits per heavy atom. The van der Waals surface area contributed by atoms with Gasteiger partial charge in [-0.25, -0.2) is 0 Å². The van der Waals surface area contributed by atoms with Crippen molar-refractivity contribution in [1.82, 2.24) is 10.1 Å². The van der Waals surface area contributed by atoms with Crippen LogP contribution in [0.3, 0.4) is 0 Å². The van der Waals surface area contributed by atoms with E-state index in [0.717, 1.165) is 47.4 Å². The van der Waals surface area contributed by atoms with Crippen molar-refractivity contribution in [3.05, 3.63) is 35.7 Å². The zero-order valence-electron chi connectivity index (χ0n) is 13.5. The molecule has 0 bridgehead atoms. The molecule has 6 nitrogen and oxygen atoms in total. The highest BCUT2D eigenvalue weighted by Crippen LogP contribution is 2.38. The Kier molecular flexibility index (Phi) is 3.49. The second-order valence-electron chi connectivity index (χ2n) is 6.29. The number of fused-ring (bicyclic) bond motifs is 1. The van der Waals surface area contributed by atoms with Gasteiger partial charge in [-0.2, -0.15) is 5.26 Å². The third-order valence-electron chi connectivity index (χ3n) is 5.00. The van der Waals surface area contributed by atoms with E-state index in [9.17, 15) is 10.1 Å². The predicted molar refractivity (Wildman–Crippen MR) is 88.1 cm³/mol. The highest BCUT2D eigenvalue weighted by molar-refractivity contribution is 6.00. The molecule has 3 heterocycles. The normalized spacial score (nSPS) is 19.4. The summed E-state index contributed by atoms with van der Waals surface area (Å²) in [5.74, 6) is 0.812. The summed E-state index contributed by atoms with van der Waals surface area (Å²) in [6.45, 7) is 3.22. The number of carbonyl (C=O) groups is 1.